The Morgan fingerprint density at radius 1 is 1.08 bits per heavy atom. The Hall–Kier alpha value is -1.38. The third-order valence-corrected chi connectivity index (χ3v) is 3.78. The molecule has 25 heavy (non-hydrogen) atoms. The second-order valence-electron chi connectivity index (χ2n) is 5.46. The van der Waals surface area contributed by atoms with Crippen molar-refractivity contribution in [2.75, 3.05) is 34.4 Å². The average Bonchev–Trinajstić information content (AvgIpc) is 2.60. The van der Waals surface area contributed by atoms with Gasteiger partial charge in [0.05, 0.1) is 21.3 Å². The second kappa shape index (κ2) is 12.9. The molecule has 1 unspecified atom stereocenters. The molecule has 7 heteroatoms. The van der Waals surface area contributed by atoms with Gasteiger partial charge in [-0.05, 0) is 32.8 Å². The molecule has 0 radical (unpaired) electrons. The van der Waals surface area contributed by atoms with Gasteiger partial charge < -0.3 is 24.8 Å². The molecule has 1 atom stereocenters. The number of benzene rings is 1. The van der Waals surface area contributed by atoms with Crippen molar-refractivity contribution in [3.8, 4) is 17.2 Å². The van der Waals surface area contributed by atoms with Crippen molar-refractivity contribution >= 4 is 29.9 Å². The fourth-order valence-electron chi connectivity index (χ4n) is 2.30. The summed E-state index contributed by atoms with van der Waals surface area (Å²) in [6.45, 7) is 7.84. The number of ether oxygens (including phenoxy) is 3. The number of hydrogen-bond acceptors (Lipinski definition) is 4. The molecule has 0 saturated carbocycles. The summed E-state index contributed by atoms with van der Waals surface area (Å²) in [5.74, 6) is 2.82. The summed E-state index contributed by atoms with van der Waals surface area (Å²) in [6, 6.07) is 4.27. The van der Waals surface area contributed by atoms with Crippen LogP contribution in [0, 0.1) is 0 Å². The van der Waals surface area contributed by atoms with Gasteiger partial charge in [0.25, 0.3) is 0 Å². The number of halogens is 1. The maximum absolute atomic E-state index is 5.51. The molecule has 0 fully saturated rings. The van der Waals surface area contributed by atoms with Gasteiger partial charge in [0.1, 0.15) is 0 Å². The van der Waals surface area contributed by atoms with Crippen LogP contribution < -0.4 is 24.8 Å². The number of guanidine groups is 1. The Morgan fingerprint density at radius 2 is 1.76 bits per heavy atom. The van der Waals surface area contributed by atoms with Crippen LogP contribution >= 0.6 is 24.0 Å². The highest BCUT2D eigenvalue weighted by molar-refractivity contribution is 14.0. The van der Waals surface area contributed by atoms with Crippen LogP contribution in [0.25, 0.3) is 0 Å². The van der Waals surface area contributed by atoms with Crippen LogP contribution in [0.1, 0.15) is 32.8 Å². The molecule has 0 bridgehead atoms. The van der Waals surface area contributed by atoms with Gasteiger partial charge in [-0.1, -0.05) is 13.0 Å². The lowest BCUT2D eigenvalue weighted by Gasteiger charge is -2.17. The van der Waals surface area contributed by atoms with Gasteiger partial charge in [-0.2, -0.15) is 0 Å². The lowest BCUT2D eigenvalue weighted by Crippen LogP contribution is -2.42. The number of hydrogen-bond donors (Lipinski definition) is 2. The average molecular weight is 465 g/mol. The summed E-state index contributed by atoms with van der Waals surface area (Å²) >= 11 is 0. The molecule has 144 valence electrons. The smallest absolute Gasteiger partial charge is 0.203 e. The Balaban J connectivity index is 0.00000576. The van der Waals surface area contributed by atoms with Crippen LogP contribution in [0.3, 0.4) is 0 Å². The molecule has 2 N–H and O–H groups in total. The van der Waals surface area contributed by atoms with Gasteiger partial charge in [-0.15, -0.1) is 24.0 Å². The molecule has 1 aromatic carbocycles. The Labute approximate surface area is 168 Å². The first-order chi connectivity index (χ1) is 11.6. The minimum Gasteiger partial charge on any atom is -0.493 e. The third kappa shape index (κ3) is 7.17. The van der Waals surface area contributed by atoms with Gasteiger partial charge in [-0.3, -0.25) is 4.99 Å². The van der Waals surface area contributed by atoms with Gasteiger partial charge in [-0.25, -0.2) is 0 Å². The topological polar surface area (TPSA) is 64.1 Å². The highest BCUT2D eigenvalue weighted by Gasteiger charge is 2.15. The molecule has 0 aliphatic heterocycles. The van der Waals surface area contributed by atoms with E-state index in [-0.39, 0.29) is 24.0 Å². The maximum Gasteiger partial charge on any atom is 0.203 e. The van der Waals surface area contributed by atoms with Gasteiger partial charge >= 0.3 is 0 Å². The van der Waals surface area contributed by atoms with Crippen LogP contribution in [0.15, 0.2) is 17.1 Å². The highest BCUT2D eigenvalue weighted by atomic mass is 127. The normalized spacial score (nSPS) is 12.0. The van der Waals surface area contributed by atoms with Crippen LogP contribution in [-0.2, 0) is 6.42 Å². The van der Waals surface area contributed by atoms with Crippen molar-refractivity contribution < 1.29 is 14.2 Å². The fourth-order valence-corrected chi connectivity index (χ4v) is 2.30. The minimum absolute atomic E-state index is 0. The molecule has 1 aromatic rings. The van der Waals surface area contributed by atoms with E-state index in [1.165, 1.54) is 0 Å². The lowest BCUT2D eigenvalue weighted by atomic mass is 10.1. The molecule has 0 amide bonds. The third-order valence-electron chi connectivity index (χ3n) is 3.78. The van der Waals surface area contributed by atoms with Crippen LogP contribution in [0.4, 0.5) is 0 Å². The van der Waals surface area contributed by atoms with Crippen molar-refractivity contribution in [2.24, 2.45) is 4.99 Å². The standard InChI is InChI=1S/C18H31N3O3.HI/c1-7-13(3)21-18(19-8-2)20-12-11-14-9-10-15(22-4)17(24-6)16(14)23-5;/h9-10,13H,7-8,11-12H2,1-6H3,(H2,19,20,21);1H. The van der Waals surface area contributed by atoms with Crippen molar-refractivity contribution in [2.45, 2.75) is 39.7 Å². The quantitative estimate of drug-likeness (QED) is 0.333. The second-order valence-corrected chi connectivity index (χ2v) is 5.46. The fraction of sp³-hybridized carbons (Fsp3) is 0.611. The van der Waals surface area contributed by atoms with E-state index in [2.05, 4.69) is 36.4 Å². The Bertz CT molecular complexity index is 539. The summed E-state index contributed by atoms with van der Waals surface area (Å²) in [5.41, 5.74) is 1.04. The Kier molecular flexibility index (Phi) is 12.2. The van der Waals surface area contributed by atoms with Crippen LogP contribution in [0.2, 0.25) is 0 Å². The summed E-state index contributed by atoms with van der Waals surface area (Å²) in [6.07, 6.45) is 1.80. The number of rotatable bonds is 9. The van der Waals surface area contributed by atoms with Gasteiger partial charge in [0, 0.05) is 24.7 Å². The van der Waals surface area contributed by atoms with Crippen molar-refractivity contribution in [1.29, 1.82) is 0 Å². The molecule has 0 aliphatic carbocycles. The summed E-state index contributed by atoms with van der Waals surface area (Å²) in [5, 5.41) is 6.65. The number of aliphatic imine (C=N–C) groups is 1. The first kappa shape index (κ1) is 23.6. The summed E-state index contributed by atoms with van der Waals surface area (Å²) < 4.78 is 16.2. The zero-order valence-electron chi connectivity index (χ0n) is 16.1. The SMILES string of the molecule is CCNC(=NCCc1ccc(OC)c(OC)c1OC)NC(C)CC.I. The van der Waals surface area contributed by atoms with Crippen molar-refractivity contribution in [3.63, 3.8) is 0 Å². The van der Waals surface area contributed by atoms with Crippen LogP contribution in [0.5, 0.6) is 17.2 Å². The molecular weight excluding hydrogens is 433 g/mol. The van der Waals surface area contributed by atoms with E-state index in [4.69, 9.17) is 14.2 Å². The Morgan fingerprint density at radius 3 is 2.28 bits per heavy atom. The maximum atomic E-state index is 5.51. The minimum atomic E-state index is 0. The van der Waals surface area contributed by atoms with E-state index in [1.807, 2.05) is 12.1 Å². The van der Waals surface area contributed by atoms with E-state index >= 15 is 0 Å². The summed E-state index contributed by atoms with van der Waals surface area (Å²) in [7, 11) is 4.87. The number of methoxy groups -OCH3 is 3. The van der Waals surface area contributed by atoms with Gasteiger partial charge in [0.15, 0.2) is 17.5 Å². The zero-order chi connectivity index (χ0) is 17.9. The molecule has 6 nitrogen and oxygen atoms in total. The molecule has 0 heterocycles. The van der Waals surface area contributed by atoms with E-state index in [0.29, 0.717) is 29.8 Å². The molecule has 0 aromatic heterocycles. The predicted molar refractivity (Wildman–Crippen MR) is 114 cm³/mol. The molecule has 1 rings (SSSR count). The van der Waals surface area contributed by atoms with Gasteiger partial charge in [0.2, 0.25) is 5.75 Å². The zero-order valence-corrected chi connectivity index (χ0v) is 18.5. The van der Waals surface area contributed by atoms with E-state index < -0.39 is 0 Å². The largest absolute Gasteiger partial charge is 0.493 e. The lowest BCUT2D eigenvalue weighted by molar-refractivity contribution is 0.322. The molecule has 0 spiro atoms. The summed E-state index contributed by atoms with van der Waals surface area (Å²) in [4.78, 5) is 4.64. The van der Waals surface area contributed by atoms with E-state index in [0.717, 1.165) is 30.9 Å². The number of nitrogens with one attached hydrogen (secondary N) is 2. The highest BCUT2D eigenvalue weighted by Crippen LogP contribution is 2.39. The first-order valence-electron chi connectivity index (χ1n) is 8.43. The first-order valence-corrected chi connectivity index (χ1v) is 8.43. The number of nitrogens with zero attached hydrogens (tertiary/aromatic N) is 1. The monoisotopic (exact) mass is 465 g/mol. The molecule has 0 aliphatic rings. The molecular formula is C18H32IN3O3. The van der Waals surface area contributed by atoms with Crippen molar-refractivity contribution in [3.05, 3.63) is 17.7 Å². The van der Waals surface area contributed by atoms with Crippen molar-refractivity contribution in [1.82, 2.24) is 10.6 Å². The van der Waals surface area contributed by atoms with Crippen LogP contribution in [-0.4, -0.2) is 46.4 Å². The predicted octanol–water partition coefficient (Wildman–Crippen LogP) is 3.23. The van der Waals surface area contributed by atoms with E-state index in [9.17, 15) is 0 Å². The van der Waals surface area contributed by atoms with E-state index in [1.54, 1.807) is 21.3 Å². The molecule has 0 saturated heterocycles.